The van der Waals surface area contributed by atoms with Gasteiger partial charge in [-0.3, -0.25) is 4.90 Å². The molecule has 0 aromatic rings. The molecule has 4 atom stereocenters. The van der Waals surface area contributed by atoms with Gasteiger partial charge in [0.2, 0.25) is 0 Å². The molecule has 3 aliphatic carbocycles. The predicted molar refractivity (Wildman–Crippen MR) is 380 cm³/mol. The quantitative estimate of drug-likeness (QED) is 0.0450. The Kier molecular flexibility index (Phi) is 59.4. The molecule has 0 amide bonds. The molecule has 1 N–H and O–H groups in total. The van der Waals surface area contributed by atoms with Gasteiger partial charge in [0.1, 0.15) is 0 Å². The molecular formula is C78H140N4. The zero-order chi connectivity index (χ0) is 61.7. The highest BCUT2D eigenvalue weighted by molar-refractivity contribution is 5.39. The summed E-state index contributed by atoms with van der Waals surface area (Å²) in [7, 11) is 0. The molecule has 2 saturated carbocycles. The number of fused-ring (bicyclic) bond motifs is 1. The maximum Gasteiger partial charge on any atom is 0.0164 e. The van der Waals surface area contributed by atoms with Crippen molar-refractivity contribution in [2.45, 2.75) is 241 Å². The molecule has 4 heteroatoms. The highest BCUT2D eigenvalue weighted by Crippen LogP contribution is 2.59. The minimum absolute atomic E-state index is 0. The zero-order valence-corrected chi connectivity index (χ0v) is 57.0. The van der Waals surface area contributed by atoms with Crippen molar-refractivity contribution in [1.82, 2.24) is 20.0 Å². The van der Waals surface area contributed by atoms with E-state index in [2.05, 4.69) is 170 Å². The topological polar surface area (TPSA) is 21.8 Å². The van der Waals surface area contributed by atoms with E-state index in [1.165, 1.54) is 161 Å². The third-order valence-corrected chi connectivity index (χ3v) is 16.1. The van der Waals surface area contributed by atoms with E-state index in [-0.39, 0.29) is 7.43 Å². The minimum Gasteiger partial charge on any atom is -0.391 e. The fourth-order valence-electron chi connectivity index (χ4n) is 10.9. The van der Waals surface area contributed by atoms with Crippen LogP contribution in [0.4, 0.5) is 0 Å². The number of terminal acetylenes is 1. The van der Waals surface area contributed by atoms with Crippen molar-refractivity contribution >= 4 is 0 Å². The number of hydrogen-bond acceptors (Lipinski definition) is 4. The lowest BCUT2D eigenvalue weighted by atomic mass is 9.69. The van der Waals surface area contributed by atoms with Crippen LogP contribution in [0.15, 0.2) is 145 Å². The zero-order valence-electron chi connectivity index (χ0n) is 57.0. The average molecular weight is 1130 g/mol. The standard InChI is InChI=1S/C27H48N4.C22H34.C12H18.C6H12.C3H8.C3H4.2C2H6.CH4/c1-3-5-7-8-11-16-28-17-12-9-10-13-19-29-20-14-27(15-21-29)26-31-24-22-30(23-25-31)18-6-4-2;1-5-7-8-20-17(6-2)13-16(3)14-18-15-19(9-10-21(18)20)22(4)11-12-22;1-6-8-11(5)9-12(7-2)10(3)4;1-4-6(3)5-2;2*1-3-2;2*1-2;/h3-8,11,16,27-28H,9-10,12-15,17-26H2,1-2H3;5-6,16,18-19H,1,7-15H2,2-4H3;6,8-9H,3,5,7H2,1-2,4H3;4,6H,1,5H2,2-3H3;3H2,1-2H3;1H,2H3;2*1-2H3;1H4/b5-3-,6-4+,8-7-,16-11+;17-6-;8-6-,12-9-;;;;;;. The van der Waals surface area contributed by atoms with E-state index in [1.807, 2.05) is 90.6 Å². The molecule has 2 aliphatic heterocycles. The molecule has 5 rings (SSSR count). The van der Waals surface area contributed by atoms with Crippen LogP contribution in [0.5, 0.6) is 0 Å². The van der Waals surface area contributed by atoms with Crippen LogP contribution in [0.1, 0.15) is 241 Å². The normalized spacial score (nSPS) is 20.8. The summed E-state index contributed by atoms with van der Waals surface area (Å²) in [5.74, 6) is 6.60. The van der Waals surface area contributed by atoms with Crippen LogP contribution in [-0.4, -0.2) is 80.1 Å². The third kappa shape index (κ3) is 42.0. The lowest BCUT2D eigenvalue weighted by molar-refractivity contribution is 0.0997. The summed E-state index contributed by atoms with van der Waals surface area (Å²) in [5, 5.41) is 3.38. The third-order valence-electron chi connectivity index (χ3n) is 16.1. The summed E-state index contributed by atoms with van der Waals surface area (Å²) in [5.41, 5.74) is 9.39. The molecule has 472 valence electrons. The van der Waals surface area contributed by atoms with Crippen LogP contribution in [0.3, 0.4) is 0 Å². The molecule has 4 fully saturated rings. The number of nitrogens with one attached hydrogen (secondary N) is 1. The van der Waals surface area contributed by atoms with E-state index in [1.54, 1.807) is 18.1 Å². The van der Waals surface area contributed by atoms with E-state index in [0.29, 0.717) is 11.3 Å². The first-order valence-corrected chi connectivity index (χ1v) is 33.3. The molecule has 0 aromatic heterocycles. The van der Waals surface area contributed by atoms with Gasteiger partial charge in [-0.25, -0.2) is 0 Å². The van der Waals surface area contributed by atoms with Gasteiger partial charge in [0.05, 0.1) is 0 Å². The molecule has 0 bridgehead atoms. The maximum absolute atomic E-state index is 4.60. The van der Waals surface area contributed by atoms with Crippen molar-refractivity contribution in [3.63, 3.8) is 0 Å². The Morgan fingerprint density at radius 1 is 0.805 bits per heavy atom. The second kappa shape index (κ2) is 57.5. The van der Waals surface area contributed by atoms with Crippen molar-refractivity contribution in [1.29, 1.82) is 0 Å². The van der Waals surface area contributed by atoms with Gasteiger partial charge in [-0.2, -0.15) is 0 Å². The number of rotatable bonds is 24. The van der Waals surface area contributed by atoms with Crippen LogP contribution < -0.4 is 5.32 Å². The Morgan fingerprint density at radius 3 is 1.90 bits per heavy atom. The Morgan fingerprint density at radius 2 is 1.40 bits per heavy atom. The molecule has 0 spiro atoms. The van der Waals surface area contributed by atoms with Gasteiger partial charge in [-0.05, 0) is 221 Å². The first-order valence-electron chi connectivity index (χ1n) is 33.3. The molecule has 82 heavy (non-hydrogen) atoms. The molecule has 2 heterocycles. The van der Waals surface area contributed by atoms with Crippen molar-refractivity contribution < 1.29 is 0 Å². The lowest BCUT2D eigenvalue weighted by Crippen LogP contribution is -2.48. The van der Waals surface area contributed by atoms with Crippen molar-refractivity contribution in [3.05, 3.63) is 145 Å². The number of likely N-dealkylation sites (tertiary alicyclic amines) is 1. The van der Waals surface area contributed by atoms with Gasteiger partial charge >= 0.3 is 0 Å². The minimum atomic E-state index is 0. The van der Waals surface area contributed by atoms with Gasteiger partial charge in [0, 0.05) is 45.8 Å². The van der Waals surface area contributed by atoms with Gasteiger partial charge in [-0.15, -0.1) is 25.5 Å². The second-order valence-corrected chi connectivity index (χ2v) is 23.1. The largest absolute Gasteiger partial charge is 0.391 e. The Labute approximate surface area is 515 Å². The average Bonchev–Trinajstić information content (AvgIpc) is 4.34. The number of piperidine rings is 1. The lowest BCUT2D eigenvalue weighted by Gasteiger charge is -2.38. The fourth-order valence-corrected chi connectivity index (χ4v) is 10.9. The van der Waals surface area contributed by atoms with Crippen LogP contribution in [0.25, 0.3) is 0 Å². The van der Waals surface area contributed by atoms with Gasteiger partial charge in [-0.1, -0.05) is 206 Å². The summed E-state index contributed by atoms with van der Waals surface area (Å²) in [6.45, 7) is 63.7. The molecule has 4 nitrogen and oxygen atoms in total. The van der Waals surface area contributed by atoms with E-state index in [4.69, 9.17) is 0 Å². The Balaban J connectivity index is -0.000000517. The van der Waals surface area contributed by atoms with E-state index >= 15 is 0 Å². The Hall–Kier alpha value is -3.88. The molecule has 0 radical (unpaired) electrons. The van der Waals surface area contributed by atoms with Gasteiger partial charge in [0.15, 0.2) is 0 Å². The monoisotopic (exact) mass is 1130 g/mol. The van der Waals surface area contributed by atoms with Gasteiger partial charge < -0.3 is 15.1 Å². The summed E-state index contributed by atoms with van der Waals surface area (Å²) in [4.78, 5) is 8.01. The maximum atomic E-state index is 4.60. The first kappa shape index (κ1) is 84.6. The highest BCUT2D eigenvalue weighted by atomic mass is 15.3. The number of hydrogen-bond donors (Lipinski definition) is 1. The van der Waals surface area contributed by atoms with Crippen LogP contribution in [0, 0.1) is 47.3 Å². The predicted octanol–water partition coefficient (Wildman–Crippen LogP) is 22.5. The van der Waals surface area contributed by atoms with Crippen LogP contribution >= 0.6 is 0 Å². The van der Waals surface area contributed by atoms with Crippen LogP contribution in [-0.2, 0) is 0 Å². The summed E-state index contributed by atoms with van der Waals surface area (Å²) in [6, 6.07) is 0. The van der Waals surface area contributed by atoms with E-state index < -0.39 is 0 Å². The first-order chi connectivity index (χ1) is 39.1. The number of nitrogens with zero attached hydrogens (tertiary/aromatic N) is 3. The number of piperazine rings is 1. The number of unbranched alkanes of at least 4 members (excludes halogenated alkanes) is 3. The molecule has 4 unspecified atom stereocenters. The smallest absolute Gasteiger partial charge is 0.0164 e. The van der Waals surface area contributed by atoms with E-state index in [0.717, 1.165) is 60.7 Å². The molecule has 5 aliphatic rings. The highest BCUT2D eigenvalue weighted by Gasteiger charge is 2.47. The van der Waals surface area contributed by atoms with Crippen molar-refractivity contribution in [3.8, 4) is 12.3 Å². The summed E-state index contributed by atoms with van der Waals surface area (Å²) >= 11 is 0. The summed E-state index contributed by atoms with van der Waals surface area (Å²) in [6.07, 6.45) is 57.9. The fraction of sp³-hybridized carbons (Fsp3) is 0.667. The molecular weight excluding hydrogens is 993 g/mol. The summed E-state index contributed by atoms with van der Waals surface area (Å²) < 4.78 is 0. The van der Waals surface area contributed by atoms with Crippen molar-refractivity contribution in [2.24, 2.45) is 35.0 Å². The van der Waals surface area contributed by atoms with Gasteiger partial charge in [0.25, 0.3) is 0 Å². The number of allylic oxidation sites excluding steroid dienone is 18. The SMILES string of the molecule is C.C#CC.C=C(/C=C\C)/C=C(/CC)C(=C)C.C=CC(C)CC.C=CCCC1=C2CCC(C3(C)CC3)CC2CC(C)C/C1=C/C.CC.CC.CCC.C\C=C/C=C\C=C\NCCCCCCN1CCC(CN2CCN(C/C=C/C)CC2)CC1. The molecule has 0 aromatic carbocycles. The Bertz CT molecular complexity index is 1850. The second-order valence-electron chi connectivity index (χ2n) is 23.1. The van der Waals surface area contributed by atoms with E-state index in [9.17, 15) is 0 Å². The molecule has 2 saturated heterocycles. The van der Waals surface area contributed by atoms with Crippen molar-refractivity contribution in [2.75, 3.05) is 65.4 Å². The van der Waals surface area contributed by atoms with Crippen LogP contribution in [0.2, 0.25) is 0 Å².